The number of halogens is 2. The molecule has 12 heteroatoms. The van der Waals surface area contributed by atoms with E-state index in [1.54, 1.807) is 24.0 Å². The van der Waals surface area contributed by atoms with Crippen molar-refractivity contribution in [1.82, 2.24) is 15.3 Å². The van der Waals surface area contributed by atoms with Crippen LogP contribution in [0.25, 0.3) is 27.7 Å². The summed E-state index contributed by atoms with van der Waals surface area (Å²) in [6.45, 7) is 8.88. The fourth-order valence-electron chi connectivity index (χ4n) is 6.43. The van der Waals surface area contributed by atoms with Crippen LogP contribution in [0.3, 0.4) is 0 Å². The molecule has 1 fully saturated rings. The molecule has 0 radical (unpaired) electrons. The van der Waals surface area contributed by atoms with Crippen LogP contribution in [0.5, 0.6) is 11.8 Å². The van der Waals surface area contributed by atoms with Crippen molar-refractivity contribution in [2.75, 3.05) is 51.4 Å². The number of nitrogens with zero attached hydrogens (tertiary/aromatic N) is 5. The first-order chi connectivity index (χ1) is 23.6. The maximum absolute atomic E-state index is 17.6. The Morgan fingerprint density at radius 3 is 2.71 bits per heavy atom. The van der Waals surface area contributed by atoms with Crippen LogP contribution >= 0.6 is 0 Å². The minimum absolute atomic E-state index is 0.0370. The quantitative estimate of drug-likeness (QED) is 0.164. The van der Waals surface area contributed by atoms with Crippen LogP contribution in [-0.2, 0) is 16.0 Å². The van der Waals surface area contributed by atoms with E-state index in [0.717, 1.165) is 6.29 Å². The van der Waals surface area contributed by atoms with Crippen LogP contribution < -0.4 is 15.0 Å². The van der Waals surface area contributed by atoms with Crippen LogP contribution in [0, 0.1) is 22.6 Å². The predicted molar refractivity (Wildman–Crippen MR) is 187 cm³/mol. The Balaban J connectivity index is 1.85. The van der Waals surface area contributed by atoms with Gasteiger partial charge in [-0.25, -0.2) is 8.78 Å². The minimum Gasteiger partial charge on any atom is -0.508 e. The van der Waals surface area contributed by atoms with Crippen molar-refractivity contribution in [3.8, 4) is 17.8 Å². The second-order valence-electron chi connectivity index (χ2n) is 12.5. The van der Waals surface area contributed by atoms with Crippen LogP contribution in [0.2, 0.25) is 0 Å². The molecule has 0 spiro atoms. The molecular weight excluding hydrogens is 630 g/mol. The van der Waals surface area contributed by atoms with Gasteiger partial charge in [0.05, 0.1) is 30.5 Å². The van der Waals surface area contributed by atoms with E-state index in [-0.39, 0.29) is 65.9 Å². The maximum Gasteiger partial charge on any atom is 0.319 e. The molecule has 0 amide bonds. The summed E-state index contributed by atoms with van der Waals surface area (Å²) in [6.07, 6.45) is 3.98. The summed E-state index contributed by atoms with van der Waals surface area (Å²) in [4.78, 5) is 28.0. The molecule has 5 rings (SSSR count). The Kier molecular flexibility index (Phi) is 11.1. The van der Waals surface area contributed by atoms with Gasteiger partial charge in [-0.2, -0.15) is 15.2 Å². The number of carbonyl (C=O) groups excluding carboxylic acids is 1. The first-order valence-electron chi connectivity index (χ1n) is 16.6. The summed E-state index contributed by atoms with van der Waals surface area (Å²) in [7, 11) is 1.83. The molecule has 1 aliphatic carbocycles. The van der Waals surface area contributed by atoms with Gasteiger partial charge in [0.25, 0.3) is 0 Å². The zero-order chi connectivity index (χ0) is 35.3. The van der Waals surface area contributed by atoms with Crippen LogP contribution in [0.4, 0.5) is 14.6 Å². The molecule has 2 N–H and O–H groups in total. The molecule has 1 atom stereocenters. The number of allylic oxidation sites excluding steroid dienone is 3. The second kappa shape index (κ2) is 15.2. The number of aldehydes is 1. The molecule has 1 unspecified atom stereocenters. The fraction of sp³-hybridized carbons (Fsp3) is 0.432. The number of hydrogen-bond donors (Lipinski definition) is 2. The number of aliphatic imine (C=N–C) groups is 1. The van der Waals surface area contributed by atoms with E-state index in [1.807, 2.05) is 27.8 Å². The average molecular weight is 673 g/mol. The summed E-state index contributed by atoms with van der Waals surface area (Å²) >= 11 is 0. The van der Waals surface area contributed by atoms with Gasteiger partial charge in [-0.05, 0) is 93.7 Å². The highest BCUT2D eigenvalue weighted by Crippen LogP contribution is 2.47. The van der Waals surface area contributed by atoms with Crippen LogP contribution in [-0.4, -0.2) is 79.6 Å². The average Bonchev–Trinajstić information content (AvgIpc) is 3.56. The van der Waals surface area contributed by atoms with Gasteiger partial charge in [-0.3, -0.25) is 4.99 Å². The number of aromatic nitrogens is 2. The number of hydrogen-bond acceptors (Lipinski definition) is 10. The van der Waals surface area contributed by atoms with Crippen LogP contribution in [0.1, 0.15) is 62.9 Å². The lowest BCUT2D eigenvalue weighted by Gasteiger charge is -2.31. The summed E-state index contributed by atoms with van der Waals surface area (Å²) in [5, 5.41) is 24.9. The number of benzene rings is 2. The van der Waals surface area contributed by atoms with Gasteiger partial charge >= 0.3 is 6.01 Å². The van der Waals surface area contributed by atoms with Gasteiger partial charge in [0, 0.05) is 30.3 Å². The second-order valence-corrected chi connectivity index (χ2v) is 12.5. The zero-order valence-corrected chi connectivity index (χ0v) is 28.6. The van der Waals surface area contributed by atoms with E-state index in [9.17, 15) is 15.2 Å². The van der Waals surface area contributed by atoms with E-state index in [2.05, 4.69) is 16.4 Å². The first-order valence-corrected chi connectivity index (χ1v) is 16.6. The van der Waals surface area contributed by atoms with Crippen molar-refractivity contribution >= 4 is 45.6 Å². The number of nitrogens with one attached hydrogen (secondary N) is 1. The molecule has 1 aromatic heterocycles. The number of rotatable bonds is 13. The summed E-state index contributed by atoms with van der Waals surface area (Å²) in [5.41, 5.74) is 0.784. The number of aryl methyl sites for hydroxylation is 1. The molecule has 258 valence electrons. The number of nitriles is 1. The molecule has 2 heterocycles. The van der Waals surface area contributed by atoms with Crippen LogP contribution in [0.15, 0.2) is 35.3 Å². The summed E-state index contributed by atoms with van der Waals surface area (Å²) in [6, 6.07) is 7.68. The Hall–Kier alpha value is -4.73. The van der Waals surface area contributed by atoms with E-state index in [4.69, 9.17) is 19.5 Å². The van der Waals surface area contributed by atoms with E-state index in [0.29, 0.717) is 66.4 Å². The van der Waals surface area contributed by atoms with E-state index >= 15 is 8.78 Å². The van der Waals surface area contributed by atoms with Crippen molar-refractivity contribution in [2.45, 2.75) is 53.0 Å². The lowest BCUT2D eigenvalue weighted by molar-refractivity contribution is -0.106. The number of carbonyl (C=O) groups is 1. The maximum atomic E-state index is 17.6. The molecule has 2 aliphatic rings. The number of phenols is 1. The number of anilines is 1. The van der Waals surface area contributed by atoms with Gasteiger partial charge in [0.2, 0.25) is 0 Å². The standard InChI is InChI=1S/C37H42F2N6O4/c1-6-25-28(38)10-9-23-17-24(47)18-27(29(23)25)30-32(39)34-31(26(7-2)33(30)42-22(3)4)35(45(14-15-46)13-8-12-41-5)44-36(43-34)49-21-37(19-40)11-16-48-20-37/h7,9-10,15,17-18,22,41,47H,6,8,11-14,16,20-21H2,1-5H3/b26-7-,42-33?. The summed E-state index contributed by atoms with van der Waals surface area (Å²) < 4.78 is 44.4. The monoisotopic (exact) mass is 672 g/mol. The third kappa shape index (κ3) is 7.05. The van der Waals surface area contributed by atoms with Crippen molar-refractivity contribution in [3.05, 3.63) is 58.5 Å². The van der Waals surface area contributed by atoms with Gasteiger partial charge < -0.3 is 29.6 Å². The third-order valence-electron chi connectivity index (χ3n) is 8.78. The third-order valence-corrected chi connectivity index (χ3v) is 8.78. The molecule has 0 bridgehead atoms. The largest absolute Gasteiger partial charge is 0.508 e. The molecule has 0 saturated carbocycles. The van der Waals surface area contributed by atoms with E-state index < -0.39 is 17.1 Å². The smallest absolute Gasteiger partial charge is 0.319 e. The Morgan fingerprint density at radius 2 is 2.08 bits per heavy atom. The molecule has 49 heavy (non-hydrogen) atoms. The Bertz CT molecular complexity index is 1870. The highest BCUT2D eigenvalue weighted by atomic mass is 19.1. The summed E-state index contributed by atoms with van der Waals surface area (Å²) in [5.74, 6) is -1.06. The predicted octanol–water partition coefficient (Wildman–Crippen LogP) is 6.06. The molecule has 10 nitrogen and oxygen atoms in total. The highest BCUT2D eigenvalue weighted by Gasteiger charge is 2.39. The molecule has 3 aromatic rings. The van der Waals surface area contributed by atoms with E-state index in [1.165, 1.54) is 18.2 Å². The van der Waals surface area contributed by atoms with Crippen molar-refractivity contribution in [2.24, 2.45) is 10.4 Å². The van der Waals surface area contributed by atoms with Gasteiger partial charge in [0.15, 0.2) is 5.83 Å². The number of phenolic OH excluding ortho intramolecular Hbond substituents is 1. The minimum atomic E-state index is -0.916. The highest BCUT2D eigenvalue weighted by molar-refractivity contribution is 6.51. The molecular formula is C37H42F2N6O4. The fourth-order valence-corrected chi connectivity index (χ4v) is 6.43. The molecule has 1 saturated heterocycles. The number of ether oxygens (including phenoxy) is 2. The van der Waals surface area contributed by atoms with Crippen molar-refractivity contribution in [3.63, 3.8) is 0 Å². The lowest BCUT2D eigenvalue weighted by Crippen LogP contribution is -2.32. The molecule has 1 aliphatic heterocycles. The number of fused-ring (bicyclic) bond motifs is 2. The van der Waals surface area contributed by atoms with Gasteiger partial charge in [-0.15, -0.1) is 0 Å². The number of aromatic hydroxyl groups is 1. The lowest BCUT2D eigenvalue weighted by atomic mass is 9.81. The van der Waals surface area contributed by atoms with Gasteiger partial charge in [-0.1, -0.05) is 19.1 Å². The zero-order valence-electron chi connectivity index (χ0n) is 28.6. The Labute approximate surface area is 285 Å². The Morgan fingerprint density at radius 1 is 1.29 bits per heavy atom. The molecule has 2 aromatic carbocycles. The van der Waals surface area contributed by atoms with Gasteiger partial charge in [0.1, 0.15) is 41.4 Å². The van der Waals surface area contributed by atoms with Crippen molar-refractivity contribution in [1.29, 1.82) is 5.26 Å². The SMILES string of the molecule is C/C=C1\C(=NC(C)C)C(c2cc(O)cc3ccc(F)c(CC)c23)=C(F)c2nc(OCC3(C#N)CCOC3)nc(N(CC=O)CCCNC)c21. The normalized spacial score (nSPS) is 19.2. The van der Waals surface area contributed by atoms with Crippen molar-refractivity contribution < 1.29 is 28.2 Å². The topological polar surface area (TPSA) is 133 Å². The first kappa shape index (κ1) is 35.6.